The minimum atomic E-state index is -0.764. The first kappa shape index (κ1) is 63.4. The van der Waals surface area contributed by atoms with E-state index in [9.17, 15) is 14.4 Å². The smallest absolute Gasteiger partial charge is 0.306 e. The van der Waals surface area contributed by atoms with E-state index in [2.05, 4.69) is 41.5 Å². The molecule has 0 spiro atoms. The van der Waals surface area contributed by atoms with Gasteiger partial charge in [0.15, 0.2) is 6.10 Å². The van der Waals surface area contributed by atoms with Crippen molar-refractivity contribution in [2.45, 2.75) is 330 Å². The van der Waals surface area contributed by atoms with E-state index < -0.39 is 6.10 Å². The number of unbranched alkanes of at least 4 members (excludes halogenated alkanes) is 34. The Labute approximate surface area is 406 Å². The zero-order valence-electron chi connectivity index (χ0n) is 44.8. The van der Waals surface area contributed by atoms with Crippen molar-refractivity contribution >= 4 is 17.9 Å². The molecule has 0 saturated heterocycles. The number of ether oxygens (including phenoxy) is 3. The molecule has 0 aromatic carbocycles. The van der Waals surface area contributed by atoms with Crippen LogP contribution in [0.5, 0.6) is 0 Å². The quantitative estimate of drug-likeness (QED) is 0.0344. The molecule has 0 aliphatic heterocycles. The van der Waals surface area contributed by atoms with Crippen LogP contribution in [-0.4, -0.2) is 37.2 Å². The van der Waals surface area contributed by atoms with Crippen molar-refractivity contribution in [1.29, 1.82) is 0 Å². The van der Waals surface area contributed by atoms with Gasteiger partial charge in [-0.25, -0.2) is 0 Å². The molecule has 1 unspecified atom stereocenters. The van der Waals surface area contributed by atoms with Crippen LogP contribution in [0.3, 0.4) is 0 Å². The molecule has 386 valence electrons. The second kappa shape index (κ2) is 50.3. The first-order valence-corrected chi connectivity index (χ1v) is 29.1. The first-order valence-electron chi connectivity index (χ1n) is 29.1. The Bertz CT molecular complexity index is 1010. The van der Waals surface area contributed by atoms with Gasteiger partial charge in [0.2, 0.25) is 0 Å². The predicted molar refractivity (Wildman–Crippen MR) is 279 cm³/mol. The van der Waals surface area contributed by atoms with Gasteiger partial charge in [0.1, 0.15) is 13.2 Å². The molecule has 0 rings (SSSR count). The maximum atomic E-state index is 12.9. The topological polar surface area (TPSA) is 78.9 Å². The van der Waals surface area contributed by atoms with Crippen molar-refractivity contribution in [1.82, 2.24) is 0 Å². The summed E-state index contributed by atoms with van der Waals surface area (Å²) < 4.78 is 16.9. The van der Waals surface area contributed by atoms with Gasteiger partial charge in [-0.1, -0.05) is 286 Å². The number of esters is 3. The van der Waals surface area contributed by atoms with Gasteiger partial charge >= 0.3 is 17.9 Å². The molecule has 6 nitrogen and oxygen atoms in total. The molecule has 0 N–H and O–H groups in total. The lowest BCUT2D eigenvalue weighted by Crippen LogP contribution is -2.30. The molecule has 0 radical (unpaired) electrons. The summed E-state index contributed by atoms with van der Waals surface area (Å²) in [7, 11) is 0. The molecule has 0 fully saturated rings. The highest BCUT2D eigenvalue weighted by molar-refractivity contribution is 5.71. The van der Waals surface area contributed by atoms with E-state index in [1.165, 1.54) is 205 Å². The maximum absolute atomic E-state index is 12.9. The Morgan fingerprint density at radius 2 is 0.538 bits per heavy atom. The zero-order valence-corrected chi connectivity index (χ0v) is 44.8. The van der Waals surface area contributed by atoms with Gasteiger partial charge in [-0.15, -0.1) is 0 Å². The first-order chi connectivity index (χ1) is 31.6. The zero-order chi connectivity index (χ0) is 47.7. The van der Waals surface area contributed by atoms with E-state index in [-0.39, 0.29) is 31.1 Å². The van der Waals surface area contributed by atoms with Crippen molar-refractivity contribution < 1.29 is 28.6 Å². The van der Waals surface area contributed by atoms with Crippen LogP contribution in [0.4, 0.5) is 0 Å². The standard InChI is InChI=1S/C59H114O6/c1-7-55(6)47-41-35-29-25-26-31-37-43-49-58(61)64-52-56(65-59(62)50-44-38-32-24-20-16-12-11-14-18-22-28-34-40-46-54(4)5)51-63-57(60)48-42-36-30-23-19-15-10-8-9-13-17-21-27-33-39-45-53(2)3/h53-56H,7-52H2,1-6H3/t55?,56-/m1/s1. The van der Waals surface area contributed by atoms with Crippen LogP contribution in [0.25, 0.3) is 0 Å². The summed E-state index contributed by atoms with van der Waals surface area (Å²) in [5.74, 6) is 1.70. The molecule has 0 saturated carbocycles. The Kier molecular flexibility index (Phi) is 49.1. The number of hydrogen-bond donors (Lipinski definition) is 0. The number of hydrogen-bond acceptors (Lipinski definition) is 6. The second-order valence-electron chi connectivity index (χ2n) is 21.5. The fourth-order valence-corrected chi connectivity index (χ4v) is 8.97. The molecule has 0 amide bonds. The molecule has 0 aliphatic rings. The van der Waals surface area contributed by atoms with Crippen LogP contribution >= 0.6 is 0 Å². The molecule has 0 aromatic heterocycles. The molecule has 0 heterocycles. The van der Waals surface area contributed by atoms with Gasteiger partial charge in [0, 0.05) is 19.3 Å². The molecule has 0 bridgehead atoms. The van der Waals surface area contributed by atoms with E-state index in [0.717, 1.165) is 75.5 Å². The summed E-state index contributed by atoms with van der Waals surface area (Å²) in [6.45, 7) is 13.8. The minimum absolute atomic E-state index is 0.0637. The summed E-state index contributed by atoms with van der Waals surface area (Å²) >= 11 is 0. The second-order valence-corrected chi connectivity index (χ2v) is 21.5. The van der Waals surface area contributed by atoms with Crippen LogP contribution in [0.1, 0.15) is 324 Å². The Morgan fingerprint density at radius 3 is 0.800 bits per heavy atom. The van der Waals surface area contributed by atoms with Crippen LogP contribution in [0.15, 0.2) is 0 Å². The summed E-state index contributed by atoms with van der Waals surface area (Å²) in [4.78, 5) is 38.1. The molecule has 6 heteroatoms. The van der Waals surface area contributed by atoms with E-state index in [1.54, 1.807) is 0 Å². The minimum Gasteiger partial charge on any atom is -0.462 e. The Balaban J connectivity index is 4.29. The lowest BCUT2D eigenvalue weighted by atomic mass is 9.99. The van der Waals surface area contributed by atoms with Crippen molar-refractivity contribution in [2.75, 3.05) is 13.2 Å². The van der Waals surface area contributed by atoms with E-state index in [1.807, 2.05) is 0 Å². The fourth-order valence-electron chi connectivity index (χ4n) is 8.97. The predicted octanol–water partition coefficient (Wildman–Crippen LogP) is 19.1. The molecule has 65 heavy (non-hydrogen) atoms. The normalized spacial score (nSPS) is 12.6. The average molecular weight is 920 g/mol. The lowest BCUT2D eigenvalue weighted by Gasteiger charge is -2.18. The molecular formula is C59H114O6. The monoisotopic (exact) mass is 919 g/mol. The van der Waals surface area contributed by atoms with Gasteiger partial charge in [-0.05, 0) is 37.0 Å². The van der Waals surface area contributed by atoms with E-state index in [0.29, 0.717) is 19.3 Å². The third-order valence-electron chi connectivity index (χ3n) is 13.8. The SMILES string of the molecule is CCC(C)CCCCCCCCCCC(=O)OC[C@@H](COC(=O)CCCCCCCCCCCCCCCCCC(C)C)OC(=O)CCCCCCCCCCCCCCCCC(C)C. The van der Waals surface area contributed by atoms with Gasteiger partial charge < -0.3 is 14.2 Å². The third-order valence-corrected chi connectivity index (χ3v) is 13.8. The van der Waals surface area contributed by atoms with Crippen LogP contribution < -0.4 is 0 Å². The van der Waals surface area contributed by atoms with Crippen LogP contribution in [0.2, 0.25) is 0 Å². The molecule has 0 aromatic rings. The third kappa shape index (κ3) is 51.6. The van der Waals surface area contributed by atoms with Crippen molar-refractivity contribution in [3.8, 4) is 0 Å². The Morgan fingerprint density at radius 1 is 0.308 bits per heavy atom. The highest BCUT2D eigenvalue weighted by Crippen LogP contribution is 2.19. The Hall–Kier alpha value is -1.59. The highest BCUT2D eigenvalue weighted by Gasteiger charge is 2.19. The number of rotatable bonds is 52. The number of carbonyl (C=O) groups is 3. The van der Waals surface area contributed by atoms with Gasteiger partial charge in [0.25, 0.3) is 0 Å². The molecule has 0 aliphatic carbocycles. The van der Waals surface area contributed by atoms with Gasteiger partial charge in [-0.2, -0.15) is 0 Å². The summed E-state index contributed by atoms with van der Waals surface area (Å²) in [5.41, 5.74) is 0. The summed E-state index contributed by atoms with van der Waals surface area (Å²) in [6, 6.07) is 0. The molecular weight excluding hydrogens is 805 g/mol. The van der Waals surface area contributed by atoms with Crippen molar-refractivity contribution in [2.24, 2.45) is 17.8 Å². The van der Waals surface area contributed by atoms with Crippen molar-refractivity contribution in [3.63, 3.8) is 0 Å². The fraction of sp³-hybridized carbons (Fsp3) is 0.949. The van der Waals surface area contributed by atoms with Crippen LogP contribution in [-0.2, 0) is 28.6 Å². The summed E-state index contributed by atoms with van der Waals surface area (Å²) in [6.07, 6.45) is 52.3. The van der Waals surface area contributed by atoms with E-state index >= 15 is 0 Å². The largest absolute Gasteiger partial charge is 0.462 e. The maximum Gasteiger partial charge on any atom is 0.306 e. The summed E-state index contributed by atoms with van der Waals surface area (Å²) in [5, 5.41) is 0. The molecule has 2 atom stereocenters. The van der Waals surface area contributed by atoms with Gasteiger partial charge in [0.05, 0.1) is 0 Å². The van der Waals surface area contributed by atoms with E-state index in [4.69, 9.17) is 14.2 Å². The highest BCUT2D eigenvalue weighted by atomic mass is 16.6. The average Bonchev–Trinajstić information content (AvgIpc) is 3.28. The number of carbonyl (C=O) groups excluding carboxylic acids is 3. The van der Waals surface area contributed by atoms with Crippen LogP contribution in [0, 0.1) is 17.8 Å². The van der Waals surface area contributed by atoms with Crippen molar-refractivity contribution in [3.05, 3.63) is 0 Å². The van der Waals surface area contributed by atoms with Gasteiger partial charge in [-0.3, -0.25) is 14.4 Å². The lowest BCUT2D eigenvalue weighted by molar-refractivity contribution is -0.167.